The van der Waals surface area contributed by atoms with E-state index in [1.54, 1.807) is 0 Å². The van der Waals surface area contributed by atoms with Crippen molar-refractivity contribution in [2.45, 2.75) is 27.3 Å². The lowest BCUT2D eigenvalue weighted by Gasteiger charge is -2.31. The summed E-state index contributed by atoms with van der Waals surface area (Å²) in [6.45, 7) is 11.3. The van der Waals surface area contributed by atoms with E-state index in [-0.39, 0.29) is 5.75 Å². The van der Waals surface area contributed by atoms with E-state index >= 15 is 0 Å². The van der Waals surface area contributed by atoms with Gasteiger partial charge in [-0.25, -0.2) is 0 Å². The molecular weight excluding hydrogens is 274 g/mol. The van der Waals surface area contributed by atoms with Gasteiger partial charge in [-0.3, -0.25) is 9.88 Å². The molecule has 1 aliphatic heterocycles. The van der Waals surface area contributed by atoms with E-state index in [0.29, 0.717) is 0 Å². The number of fused-ring (bicyclic) bond motifs is 1. The normalized spacial score (nSPS) is 17.3. The summed E-state index contributed by atoms with van der Waals surface area (Å²) in [7, 11) is 2.16. The second-order valence-electron chi connectivity index (χ2n) is 6.64. The molecule has 22 heavy (non-hydrogen) atoms. The first-order valence-electron chi connectivity index (χ1n) is 8.06. The number of nitrogens with zero attached hydrogens (tertiary/aromatic N) is 2. The number of nitrogens with one attached hydrogen (secondary N) is 1. The van der Waals surface area contributed by atoms with Gasteiger partial charge in [0.15, 0.2) is 0 Å². The summed E-state index contributed by atoms with van der Waals surface area (Å²) in [5, 5.41) is 13.7. The van der Waals surface area contributed by atoms with Crippen molar-refractivity contribution in [3.05, 3.63) is 34.5 Å². The van der Waals surface area contributed by atoms with E-state index in [9.17, 15) is 5.11 Å². The molecular formula is C18H25N3O. The van der Waals surface area contributed by atoms with Crippen LogP contribution in [0.5, 0.6) is 5.75 Å². The van der Waals surface area contributed by atoms with E-state index in [4.69, 9.17) is 4.98 Å². The summed E-state index contributed by atoms with van der Waals surface area (Å²) in [4.78, 5) is 8.59. The van der Waals surface area contributed by atoms with E-state index in [1.807, 2.05) is 19.1 Å². The lowest BCUT2D eigenvalue weighted by Crippen LogP contribution is -3.13. The molecule has 1 aromatic carbocycles. The van der Waals surface area contributed by atoms with Gasteiger partial charge >= 0.3 is 0 Å². The maximum Gasteiger partial charge on any atom is 0.104 e. The highest BCUT2D eigenvalue weighted by molar-refractivity contribution is 5.89. The van der Waals surface area contributed by atoms with Gasteiger partial charge in [-0.2, -0.15) is 0 Å². The lowest BCUT2D eigenvalue weighted by atomic mass is 10.0. The fraction of sp³-hybridized carbons (Fsp3) is 0.500. The van der Waals surface area contributed by atoms with Gasteiger partial charge in [0.2, 0.25) is 0 Å². The maximum absolute atomic E-state index is 12.9. The first-order valence-corrected chi connectivity index (χ1v) is 8.06. The number of hydrogen-bond donors (Lipinski definition) is 1. The van der Waals surface area contributed by atoms with Crippen LogP contribution in [-0.4, -0.2) is 43.1 Å². The lowest BCUT2D eigenvalue weighted by molar-refractivity contribution is -0.918. The summed E-state index contributed by atoms with van der Waals surface area (Å²) >= 11 is 0. The molecule has 0 atom stereocenters. The third-order valence-corrected chi connectivity index (χ3v) is 5.06. The zero-order valence-electron chi connectivity index (χ0n) is 14.0. The number of aryl methyl sites for hydroxylation is 3. The highest BCUT2D eigenvalue weighted by Crippen LogP contribution is 2.29. The average Bonchev–Trinajstić information content (AvgIpc) is 2.50. The Morgan fingerprint density at radius 1 is 1.18 bits per heavy atom. The summed E-state index contributed by atoms with van der Waals surface area (Å²) in [6.07, 6.45) is 0. The number of rotatable bonds is 2. The topological polar surface area (TPSA) is 43.6 Å². The Bertz CT molecular complexity index is 703. The van der Waals surface area contributed by atoms with Crippen molar-refractivity contribution in [2.24, 2.45) is 0 Å². The van der Waals surface area contributed by atoms with E-state index in [1.165, 1.54) is 10.5 Å². The Hall–Kier alpha value is -1.65. The third kappa shape index (κ3) is 2.69. The first-order chi connectivity index (χ1) is 10.5. The zero-order valence-corrected chi connectivity index (χ0v) is 14.0. The zero-order chi connectivity index (χ0) is 15.9. The van der Waals surface area contributed by atoms with Crippen molar-refractivity contribution in [3.8, 4) is 5.75 Å². The molecule has 4 nitrogen and oxygen atoms in total. The molecule has 1 saturated heterocycles. The molecule has 2 heterocycles. The fourth-order valence-electron chi connectivity index (χ4n) is 3.26. The van der Waals surface area contributed by atoms with Gasteiger partial charge in [-0.1, -0.05) is 17.9 Å². The van der Waals surface area contributed by atoms with Gasteiger partial charge in [0.1, 0.15) is 6.54 Å². The quantitative estimate of drug-likeness (QED) is 0.881. The fourth-order valence-corrected chi connectivity index (χ4v) is 3.26. The molecule has 118 valence electrons. The minimum Gasteiger partial charge on any atom is -0.872 e. The van der Waals surface area contributed by atoms with Crippen molar-refractivity contribution in [2.75, 3.05) is 33.2 Å². The van der Waals surface area contributed by atoms with Crippen molar-refractivity contribution < 1.29 is 10.0 Å². The van der Waals surface area contributed by atoms with Crippen molar-refractivity contribution in [1.29, 1.82) is 0 Å². The second kappa shape index (κ2) is 5.86. The number of piperazine rings is 1. The summed E-state index contributed by atoms with van der Waals surface area (Å²) in [5.74, 6) is 0.178. The molecule has 0 spiro atoms. The minimum absolute atomic E-state index is 0.178. The van der Waals surface area contributed by atoms with Crippen LogP contribution in [0.25, 0.3) is 10.9 Å². The molecule has 0 saturated carbocycles. The number of pyridine rings is 1. The molecule has 0 unspecified atom stereocenters. The summed E-state index contributed by atoms with van der Waals surface area (Å²) in [5.41, 5.74) is 4.99. The van der Waals surface area contributed by atoms with Crippen LogP contribution in [0.15, 0.2) is 12.1 Å². The largest absolute Gasteiger partial charge is 0.872 e. The standard InChI is InChI=1S/C18H25N3O/c1-12-5-6-15-17(13(12)2)19-14(3)16(18(15)22)11-21-9-7-20(4)8-10-21/h5-6H,7-11H2,1-4H3,(H,19,22). The van der Waals surface area contributed by atoms with Gasteiger partial charge in [-0.05, 0) is 44.3 Å². The van der Waals surface area contributed by atoms with E-state index < -0.39 is 0 Å². The molecule has 1 aliphatic rings. The van der Waals surface area contributed by atoms with Crippen LogP contribution in [0.1, 0.15) is 22.4 Å². The number of likely N-dealkylation sites (N-methyl/N-ethyl adjacent to an activating group) is 1. The first kappa shape index (κ1) is 15.3. The molecule has 0 radical (unpaired) electrons. The van der Waals surface area contributed by atoms with Crippen LogP contribution in [-0.2, 0) is 6.54 Å². The molecule has 1 aromatic heterocycles. The molecule has 0 aliphatic carbocycles. The molecule has 4 heteroatoms. The van der Waals surface area contributed by atoms with Gasteiger partial charge in [-0.15, -0.1) is 0 Å². The Labute approximate surface area is 132 Å². The third-order valence-electron chi connectivity index (χ3n) is 5.06. The highest BCUT2D eigenvalue weighted by atomic mass is 16.3. The average molecular weight is 299 g/mol. The summed E-state index contributed by atoms with van der Waals surface area (Å²) < 4.78 is 0. The van der Waals surface area contributed by atoms with Gasteiger partial charge in [0.05, 0.1) is 18.6 Å². The number of benzene rings is 1. The van der Waals surface area contributed by atoms with Crippen molar-refractivity contribution in [3.63, 3.8) is 0 Å². The Balaban J connectivity index is 1.98. The van der Waals surface area contributed by atoms with Gasteiger partial charge in [0.25, 0.3) is 0 Å². The second-order valence-corrected chi connectivity index (χ2v) is 6.64. The molecule has 0 bridgehead atoms. The molecule has 1 fully saturated rings. The van der Waals surface area contributed by atoms with Crippen LogP contribution >= 0.6 is 0 Å². The molecule has 3 rings (SSSR count). The van der Waals surface area contributed by atoms with Crippen LogP contribution in [0, 0.1) is 20.8 Å². The van der Waals surface area contributed by atoms with Gasteiger partial charge < -0.3 is 10.0 Å². The summed E-state index contributed by atoms with van der Waals surface area (Å²) in [6, 6.07) is 3.97. The predicted octanol–water partition coefficient (Wildman–Crippen LogP) is 0.564. The Kier molecular flexibility index (Phi) is 4.06. The SMILES string of the molecule is Cc1ccc2c([O-])c(C[NH+]3CCN(C)CC3)c(C)nc2c1C. The Morgan fingerprint density at radius 2 is 1.86 bits per heavy atom. The number of aromatic nitrogens is 1. The maximum atomic E-state index is 12.9. The predicted molar refractivity (Wildman–Crippen MR) is 87.3 cm³/mol. The van der Waals surface area contributed by atoms with Crippen molar-refractivity contribution >= 4 is 10.9 Å². The molecule has 1 N–H and O–H groups in total. The smallest absolute Gasteiger partial charge is 0.104 e. The van der Waals surface area contributed by atoms with Crippen molar-refractivity contribution in [1.82, 2.24) is 9.88 Å². The molecule has 2 aromatic rings. The van der Waals surface area contributed by atoms with Crippen LogP contribution in [0.4, 0.5) is 0 Å². The minimum atomic E-state index is 0.178. The Morgan fingerprint density at radius 3 is 2.55 bits per heavy atom. The van der Waals surface area contributed by atoms with Gasteiger partial charge in [0, 0.05) is 24.3 Å². The molecule has 0 amide bonds. The number of quaternary nitrogens is 1. The van der Waals surface area contributed by atoms with Crippen LogP contribution in [0.3, 0.4) is 0 Å². The van der Waals surface area contributed by atoms with Crippen LogP contribution < -0.4 is 10.0 Å². The monoisotopic (exact) mass is 299 g/mol. The highest BCUT2D eigenvalue weighted by Gasteiger charge is 2.19. The van der Waals surface area contributed by atoms with Crippen LogP contribution in [0.2, 0.25) is 0 Å². The van der Waals surface area contributed by atoms with E-state index in [0.717, 1.165) is 60.4 Å². The number of hydrogen-bond acceptors (Lipinski definition) is 3. The van der Waals surface area contributed by atoms with E-state index in [2.05, 4.69) is 25.8 Å².